The summed E-state index contributed by atoms with van der Waals surface area (Å²) in [6, 6.07) is 3.16. The van der Waals surface area contributed by atoms with Crippen LogP contribution in [0.2, 0.25) is 5.02 Å². The molecule has 4 aliphatic heterocycles. The minimum absolute atomic E-state index is 0.0342. The van der Waals surface area contributed by atoms with E-state index in [0.717, 1.165) is 45.3 Å². The molecule has 10 heteroatoms. The second-order valence-corrected chi connectivity index (χ2v) is 13.4. The Morgan fingerprint density at radius 1 is 1.10 bits per heavy atom. The first-order chi connectivity index (χ1) is 20.2. The zero-order chi connectivity index (χ0) is 29.6. The van der Waals surface area contributed by atoms with Gasteiger partial charge in [-0.2, -0.15) is 0 Å². The van der Waals surface area contributed by atoms with Crippen molar-refractivity contribution in [1.29, 1.82) is 0 Å². The quantitative estimate of drug-likeness (QED) is 0.432. The number of anilines is 1. The van der Waals surface area contributed by atoms with Crippen molar-refractivity contribution in [3.63, 3.8) is 0 Å². The number of nitrogens with zero attached hydrogens (tertiary/aromatic N) is 2. The van der Waals surface area contributed by atoms with Crippen LogP contribution < -0.4 is 10.6 Å². The van der Waals surface area contributed by atoms with E-state index in [0.29, 0.717) is 24.1 Å². The van der Waals surface area contributed by atoms with Crippen LogP contribution in [0.5, 0.6) is 0 Å². The van der Waals surface area contributed by atoms with Gasteiger partial charge in [0.05, 0.1) is 23.0 Å². The lowest BCUT2D eigenvalue weighted by atomic mass is 9.73. The smallest absolute Gasteiger partial charge is 0.246 e. The average molecular weight is 601 g/mol. The highest BCUT2D eigenvalue weighted by Crippen LogP contribution is 2.55. The lowest BCUT2D eigenvalue weighted by molar-refractivity contribution is -0.141. The molecule has 1 aliphatic carbocycles. The number of ether oxygens (including phenoxy) is 1. The maximum atomic E-state index is 14.2. The Bertz CT molecular complexity index is 1250. The maximum absolute atomic E-state index is 14.2. The normalized spacial score (nSPS) is 35.9. The van der Waals surface area contributed by atoms with Crippen molar-refractivity contribution in [2.75, 3.05) is 31.5 Å². The minimum Gasteiger partial charge on any atom is -0.359 e. The van der Waals surface area contributed by atoms with Gasteiger partial charge < -0.3 is 25.2 Å². The number of rotatable bonds is 8. The van der Waals surface area contributed by atoms with E-state index < -0.39 is 41.3 Å². The van der Waals surface area contributed by atoms with Crippen molar-refractivity contribution in [3.05, 3.63) is 41.2 Å². The summed E-state index contributed by atoms with van der Waals surface area (Å²) in [5.41, 5.74) is -0.867. The van der Waals surface area contributed by atoms with E-state index in [-0.39, 0.29) is 22.9 Å². The highest BCUT2D eigenvalue weighted by molar-refractivity contribution is 6.31. The molecule has 4 fully saturated rings. The Labute approximate surface area is 252 Å². The summed E-state index contributed by atoms with van der Waals surface area (Å²) in [5.74, 6) is -2.21. The van der Waals surface area contributed by atoms with Crippen molar-refractivity contribution in [2.24, 2.45) is 23.7 Å². The molecule has 1 spiro atoms. The molecule has 8 nitrogen and oxygen atoms in total. The zero-order valence-electron chi connectivity index (χ0n) is 24.5. The lowest BCUT2D eigenvalue weighted by Gasteiger charge is -2.38. The van der Waals surface area contributed by atoms with Crippen LogP contribution in [0, 0.1) is 29.5 Å². The predicted octanol–water partition coefficient (Wildman–Crippen LogP) is 4.39. The molecule has 1 aromatic carbocycles. The fraction of sp³-hybridized carbons (Fsp3) is 0.656. The number of carbonyl (C=O) groups is 3. The van der Waals surface area contributed by atoms with Crippen molar-refractivity contribution < 1.29 is 23.5 Å². The first kappa shape index (κ1) is 29.6. The number of benzene rings is 1. The molecule has 1 aromatic rings. The molecule has 2 N–H and O–H groups in total. The number of fused-ring (bicyclic) bond motifs is 1. The van der Waals surface area contributed by atoms with Crippen LogP contribution in [-0.4, -0.2) is 77.5 Å². The second kappa shape index (κ2) is 11.9. The van der Waals surface area contributed by atoms with Crippen LogP contribution >= 0.6 is 11.6 Å². The maximum Gasteiger partial charge on any atom is 0.246 e. The molecule has 4 heterocycles. The molecule has 2 bridgehead atoms. The van der Waals surface area contributed by atoms with Crippen molar-refractivity contribution in [2.45, 2.75) is 82.6 Å². The molecular weight excluding hydrogens is 559 g/mol. The SMILES string of the molecule is CC1CCCC(NC(=O)C2N(CCCN3CCCCC3)C(=O)[C@@H]3C(C(=O)Nc4ccc(F)c(Cl)c4)[C@@H]4C=CC23O4)C1C. The number of nitrogens with one attached hydrogen (secondary N) is 2. The number of likely N-dealkylation sites (tertiary alicyclic amines) is 2. The van der Waals surface area contributed by atoms with Gasteiger partial charge in [-0.3, -0.25) is 14.4 Å². The van der Waals surface area contributed by atoms with E-state index in [1.165, 1.54) is 37.5 Å². The van der Waals surface area contributed by atoms with Crippen LogP contribution in [0.4, 0.5) is 10.1 Å². The lowest BCUT2D eigenvalue weighted by Crippen LogP contribution is -2.58. The van der Waals surface area contributed by atoms with Gasteiger partial charge in [0.25, 0.3) is 0 Å². The Morgan fingerprint density at radius 3 is 2.64 bits per heavy atom. The van der Waals surface area contributed by atoms with Crippen LogP contribution in [0.1, 0.15) is 58.8 Å². The molecule has 42 heavy (non-hydrogen) atoms. The number of carbonyl (C=O) groups excluding carboxylic acids is 3. The van der Waals surface area contributed by atoms with Gasteiger partial charge >= 0.3 is 0 Å². The van der Waals surface area contributed by atoms with Crippen LogP contribution in [0.25, 0.3) is 0 Å². The highest BCUT2D eigenvalue weighted by Gasteiger charge is 2.72. The first-order valence-electron chi connectivity index (χ1n) is 15.7. The summed E-state index contributed by atoms with van der Waals surface area (Å²) in [4.78, 5) is 46.1. The fourth-order valence-corrected chi connectivity index (χ4v) is 8.18. The van der Waals surface area contributed by atoms with Crippen molar-refractivity contribution >= 4 is 35.0 Å². The van der Waals surface area contributed by atoms with E-state index >= 15 is 0 Å². The number of amides is 3. The van der Waals surface area contributed by atoms with E-state index in [9.17, 15) is 18.8 Å². The van der Waals surface area contributed by atoms with Gasteiger partial charge in [-0.25, -0.2) is 4.39 Å². The van der Waals surface area contributed by atoms with E-state index in [2.05, 4.69) is 29.4 Å². The summed E-state index contributed by atoms with van der Waals surface area (Å²) in [7, 11) is 0. The highest BCUT2D eigenvalue weighted by atomic mass is 35.5. The van der Waals surface area contributed by atoms with Gasteiger partial charge in [0.2, 0.25) is 17.7 Å². The molecule has 6 rings (SSSR count). The number of piperidine rings is 1. The van der Waals surface area contributed by atoms with E-state index in [4.69, 9.17) is 16.3 Å². The third-order valence-electron chi connectivity index (χ3n) is 10.5. The molecule has 3 saturated heterocycles. The van der Waals surface area contributed by atoms with Crippen LogP contribution in [0.15, 0.2) is 30.4 Å². The van der Waals surface area contributed by atoms with Gasteiger partial charge in [0.1, 0.15) is 17.5 Å². The standard InChI is InChI=1S/C32H42ClFN4O4/c1-19-8-6-9-24(20(19)2)36-30(40)28-32-13-12-25(42-32)26(29(39)35-21-10-11-23(34)22(33)18-21)27(32)31(41)38(28)17-7-16-37-14-4-3-5-15-37/h10-13,18-20,24-28H,3-9,14-17H2,1-2H3,(H,35,39)(H,36,40)/t19?,20?,24?,25-,26?,27-,28?,32?/m0/s1. The number of hydrogen-bond donors (Lipinski definition) is 2. The number of halogens is 2. The monoisotopic (exact) mass is 600 g/mol. The van der Waals surface area contributed by atoms with Gasteiger partial charge in [-0.05, 0) is 75.4 Å². The molecular formula is C32H42ClFN4O4. The largest absolute Gasteiger partial charge is 0.359 e. The van der Waals surface area contributed by atoms with Gasteiger partial charge in [-0.1, -0.05) is 56.9 Å². The van der Waals surface area contributed by atoms with Crippen LogP contribution in [0.3, 0.4) is 0 Å². The molecule has 1 saturated carbocycles. The Kier molecular flexibility index (Phi) is 8.37. The molecule has 5 aliphatic rings. The Hall–Kier alpha value is -2.49. The molecule has 228 valence electrons. The summed E-state index contributed by atoms with van der Waals surface area (Å²) < 4.78 is 20.2. The van der Waals surface area contributed by atoms with Gasteiger partial charge in [-0.15, -0.1) is 0 Å². The summed E-state index contributed by atoms with van der Waals surface area (Å²) in [6.07, 6.45) is 10.5. The topological polar surface area (TPSA) is 91.0 Å². The van der Waals surface area contributed by atoms with Gasteiger partial charge in [0, 0.05) is 18.3 Å². The molecule has 0 aromatic heterocycles. The second-order valence-electron chi connectivity index (χ2n) is 13.0. The Morgan fingerprint density at radius 2 is 1.88 bits per heavy atom. The summed E-state index contributed by atoms with van der Waals surface area (Å²) in [5, 5.41) is 6.01. The van der Waals surface area contributed by atoms with Crippen molar-refractivity contribution in [1.82, 2.24) is 15.1 Å². The van der Waals surface area contributed by atoms with Crippen molar-refractivity contribution in [3.8, 4) is 0 Å². The van der Waals surface area contributed by atoms with E-state index in [1.807, 2.05) is 12.2 Å². The zero-order valence-corrected chi connectivity index (χ0v) is 25.2. The molecule has 3 amide bonds. The first-order valence-corrected chi connectivity index (χ1v) is 16.0. The molecule has 8 atom stereocenters. The molecule has 6 unspecified atom stereocenters. The average Bonchev–Trinajstić information content (AvgIpc) is 3.61. The summed E-state index contributed by atoms with van der Waals surface area (Å²) in [6.45, 7) is 7.82. The fourth-order valence-electron chi connectivity index (χ4n) is 8.00. The predicted molar refractivity (Wildman–Crippen MR) is 158 cm³/mol. The van der Waals surface area contributed by atoms with Crippen LogP contribution in [-0.2, 0) is 19.1 Å². The summed E-state index contributed by atoms with van der Waals surface area (Å²) >= 11 is 5.94. The minimum atomic E-state index is -1.21. The van der Waals surface area contributed by atoms with E-state index in [1.54, 1.807) is 4.90 Å². The Balaban J connectivity index is 1.25. The third-order valence-corrected chi connectivity index (χ3v) is 10.8. The number of hydrogen-bond acceptors (Lipinski definition) is 5. The van der Waals surface area contributed by atoms with Gasteiger partial charge in [0.15, 0.2) is 0 Å². The molecule has 0 radical (unpaired) electrons. The third kappa shape index (κ3) is 5.26.